The number of ether oxygens (including phenoxy) is 1. The van der Waals surface area contributed by atoms with Crippen LogP contribution >= 0.6 is 0 Å². The average molecular weight is 499 g/mol. The van der Waals surface area contributed by atoms with Crippen molar-refractivity contribution in [2.45, 2.75) is 32.2 Å². The molecule has 7 heteroatoms. The van der Waals surface area contributed by atoms with Gasteiger partial charge in [-0.05, 0) is 104 Å². The maximum Gasteiger partial charge on any atom is 0.255 e. The molecule has 1 saturated heterocycles. The molecule has 0 radical (unpaired) electrons. The van der Waals surface area contributed by atoms with Crippen LogP contribution in [-0.4, -0.2) is 50.0 Å². The topological polar surface area (TPSA) is 82.7 Å². The quantitative estimate of drug-likeness (QED) is 0.354. The Morgan fingerprint density at radius 3 is 2.65 bits per heavy atom. The first-order valence-corrected chi connectivity index (χ1v) is 13.0. The Balaban J connectivity index is 1.22. The van der Waals surface area contributed by atoms with Crippen LogP contribution in [-0.2, 0) is 13.0 Å². The lowest BCUT2D eigenvalue weighted by Crippen LogP contribution is -2.22. The molecule has 0 bridgehead atoms. The summed E-state index contributed by atoms with van der Waals surface area (Å²) in [7, 11) is 1.65. The predicted octanol–water partition coefficient (Wildman–Crippen LogP) is 4.68. The summed E-state index contributed by atoms with van der Waals surface area (Å²) in [5.74, 6) is 0.407. The van der Waals surface area contributed by atoms with Crippen molar-refractivity contribution in [3.63, 3.8) is 0 Å². The van der Waals surface area contributed by atoms with E-state index >= 15 is 0 Å². The van der Waals surface area contributed by atoms with Crippen LogP contribution in [0.25, 0.3) is 0 Å². The zero-order chi connectivity index (χ0) is 25.6. The number of carbonyl (C=O) groups excluding carboxylic acids is 2. The van der Waals surface area contributed by atoms with Crippen molar-refractivity contribution < 1.29 is 14.3 Å². The molecule has 0 spiro atoms. The number of fused-ring (bicyclic) bond motifs is 1. The van der Waals surface area contributed by atoms with E-state index in [4.69, 9.17) is 4.74 Å². The van der Waals surface area contributed by atoms with E-state index in [0.29, 0.717) is 29.8 Å². The second-order valence-electron chi connectivity index (χ2n) is 9.70. The highest BCUT2D eigenvalue weighted by molar-refractivity contribution is 6.10. The van der Waals surface area contributed by atoms with Crippen molar-refractivity contribution in [3.8, 4) is 5.75 Å². The molecule has 2 amide bonds. The van der Waals surface area contributed by atoms with E-state index in [-0.39, 0.29) is 11.8 Å². The molecular weight excluding hydrogens is 464 g/mol. The van der Waals surface area contributed by atoms with Crippen LogP contribution in [0, 0.1) is 0 Å². The van der Waals surface area contributed by atoms with Gasteiger partial charge in [0, 0.05) is 24.3 Å². The summed E-state index contributed by atoms with van der Waals surface area (Å²) < 4.78 is 5.34. The van der Waals surface area contributed by atoms with Crippen molar-refractivity contribution in [1.29, 1.82) is 0 Å². The molecule has 0 aliphatic carbocycles. The second-order valence-corrected chi connectivity index (χ2v) is 9.70. The lowest BCUT2D eigenvalue weighted by atomic mass is 9.95. The number of rotatable bonds is 10. The van der Waals surface area contributed by atoms with E-state index in [0.717, 1.165) is 47.6 Å². The highest BCUT2D eigenvalue weighted by Gasteiger charge is 2.26. The Labute approximate surface area is 218 Å². The summed E-state index contributed by atoms with van der Waals surface area (Å²) >= 11 is 0. The molecule has 0 aromatic heterocycles. The van der Waals surface area contributed by atoms with E-state index in [1.807, 2.05) is 60.7 Å². The summed E-state index contributed by atoms with van der Waals surface area (Å²) in [5.41, 5.74) is 5.72. The second kappa shape index (κ2) is 11.5. The predicted molar refractivity (Wildman–Crippen MR) is 147 cm³/mol. The van der Waals surface area contributed by atoms with E-state index in [9.17, 15) is 9.59 Å². The van der Waals surface area contributed by atoms with Crippen molar-refractivity contribution >= 4 is 23.2 Å². The molecule has 2 heterocycles. The first-order chi connectivity index (χ1) is 18.1. The van der Waals surface area contributed by atoms with Crippen LogP contribution in [0.15, 0.2) is 60.7 Å². The number of nitrogens with one attached hydrogen (secondary N) is 3. The van der Waals surface area contributed by atoms with E-state index in [2.05, 4.69) is 20.9 Å². The highest BCUT2D eigenvalue weighted by Crippen LogP contribution is 2.30. The number of hydrogen-bond acceptors (Lipinski definition) is 5. The Morgan fingerprint density at radius 2 is 1.86 bits per heavy atom. The van der Waals surface area contributed by atoms with Gasteiger partial charge >= 0.3 is 0 Å². The van der Waals surface area contributed by atoms with Crippen molar-refractivity contribution in [3.05, 3.63) is 88.5 Å². The summed E-state index contributed by atoms with van der Waals surface area (Å²) in [5, 5.41) is 9.30. The Kier molecular flexibility index (Phi) is 7.70. The van der Waals surface area contributed by atoms with Crippen LogP contribution < -0.4 is 20.7 Å². The van der Waals surface area contributed by atoms with Crippen LogP contribution in [0.5, 0.6) is 5.75 Å². The van der Waals surface area contributed by atoms with Crippen molar-refractivity contribution in [2.75, 3.05) is 43.9 Å². The Morgan fingerprint density at radius 1 is 1.05 bits per heavy atom. The molecular formula is C30H34N4O3. The van der Waals surface area contributed by atoms with Crippen molar-refractivity contribution in [2.24, 2.45) is 0 Å². The van der Waals surface area contributed by atoms with Gasteiger partial charge in [-0.25, -0.2) is 0 Å². The summed E-state index contributed by atoms with van der Waals surface area (Å²) in [6.07, 6.45) is 4.41. The third kappa shape index (κ3) is 5.94. The number of methoxy groups -OCH3 is 1. The first kappa shape index (κ1) is 24.8. The minimum Gasteiger partial charge on any atom is -0.497 e. The van der Waals surface area contributed by atoms with E-state index in [1.165, 1.54) is 25.9 Å². The highest BCUT2D eigenvalue weighted by atomic mass is 16.5. The third-order valence-corrected chi connectivity index (χ3v) is 7.17. The lowest BCUT2D eigenvalue weighted by Gasteiger charge is -2.15. The molecule has 0 unspecified atom stereocenters. The molecule has 3 N–H and O–H groups in total. The average Bonchev–Trinajstić information content (AvgIpc) is 3.59. The van der Waals surface area contributed by atoms with Gasteiger partial charge in [-0.15, -0.1) is 0 Å². The summed E-state index contributed by atoms with van der Waals surface area (Å²) in [6, 6.07) is 19.2. The number of hydrogen-bond donors (Lipinski definition) is 3. The number of carbonyl (C=O) groups is 2. The van der Waals surface area contributed by atoms with Gasteiger partial charge in [0.1, 0.15) is 5.75 Å². The normalized spacial score (nSPS) is 14.8. The molecule has 37 heavy (non-hydrogen) atoms. The molecule has 7 nitrogen and oxygen atoms in total. The molecule has 3 aromatic rings. The van der Waals surface area contributed by atoms with Gasteiger partial charge in [0.25, 0.3) is 11.8 Å². The van der Waals surface area contributed by atoms with Gasteiger partial charge < -0.3 is 25.6 Å². The Bertz CT molecular complexity index is 1270. The van der Waals surface area contributed by atoms with Crippen LogP contribution in [0.1, 0.15) is 56.7 Å². The monoisotopic (exact) mass is 498 g/mol. The molecule has 2 aliphatic rings. The lowest BCUT2D eigenvalue weighted by molar-refractivity contribution is 0.0966. The SMILES string of the molecule is COc1cccc(Cc2ccc(NC(=O)c3ccc(NCCCN4CCCC4)cc3)c3c2CNC3=O)c1. The van der Waals surface area contributed by atoms with Crippen LogP contribution in [0.2, 0.25) is 0 Å². The van der Waals surface area contributed by atoms with Crippen LogP contribution in [0.3, 0.4) is 0 Å². The molecule has 1 fully saturated rings. The van der Waals surface area contributed by atoms with Gasteiger partial charge in [-0.3, -0.25) is 9.59 Å². The fourth-order valence-corrected chi connectivity index (χ4v) is 5.16. The largest absolute Gasteiger partial charge is 0.497 e. The minimum absolute atomic E-state index is 0.161. The van der Waals surface area contributed by atoms with Gasteiger partial charge in [0.15, 0.2) is 0 Å². The van der Waals surface area contributed by atoms with E-state index in [1.54, 1.807) is 7.11 Å². The smallest absolute Gasteiger partial charge is 0.255 e. The maximum atomic E-state index is 13.0. The van der Waals surface area contributed by atoms with Crippen LogP contribution in [0.4, 0.5) is 11.4 Å². The molecule has 2 aliphatic heterocycles. The van der Waals surface area contributed by atoms with Crippen molar-refractivity contribution in [1.82, 2.24) is 10.2 Å². The van der Waals surface area contributed by atoms with Gasteiger partial charge in [-0.1, -0.05) is 18.2 Å². The fourth-order valence-electron chi connectivity index (χ4n) is 5.16. The molecule has 0 atom stereocenters. The standard InChI is InChI=1S/C30H34N4O3/c1-37-25-7-4-6-21(19-25)18-23-10-13-27(28-26(23)20-32-30(28)36)33-29(35)22-8-11-24(12-9-22)31-14-5-17-34-15-2-3-16-34/h4,6-13,19,31H,2-3,5,14-18,20H2,1H3,(H,32,36)(H,33,35). The number of amides is 2. The number of anilines is 2. The van der Waals surface area contributed by atoms with Gasteiger partial charge in [-0.2, -0.15) is 0 Å². The third-order valence-electron chi connectivity index (χ3n) is 7.17. The molecule has 3 aromatic carbocycles. The van der Waals surface area contributed by atoms with E-state index < -0.39 is 0 Å². The molecule has 5 rings (SSSR count). The minimum atomic E-state index is -0.233. The summed E-state index contributed by atoms with van der Waals surface area (Å²) in [4.78, 5) is 28.2. The summed E-state index contributed by atoms with van der Waals surface area (Å²) in [6.45, 7) is 4.93. The molecule has 0 saturated carbocycles. The number of benzene rings is 3. The zero-order valence-corrected chi connectivity index (χ0v) is 21.3. The molecule has 192 valence electrons. The number of likely N-dealkylation sites (tertiary alicyclic amines) is 1. The zero-order valence-electron chi connectivity index (χ0n) is 21.3. The first-order valence-electron chi connectivity index (χ1n) is 13.0. The Hall–Kier alpha value is -3.84. The number of nitrogens with zero attached hydrogens (tertiary/aromatic N) is 1. The maximum absolute atomic E-state index is 13.0. The fraction of sp³-hybridized carbons (Fsp3) is 0.333. The van der Waals surface area contributed by atoms with Gasteiger partial charge in [0.05, 0.1) is 18.4 Å². The van der Waals surface area contributed by atoms with Gasteiger partial charge in [0.2, 0.25) is 0 Å².